The molecule has 2 N–H and O–H groups in total. The van der Waals surface area contributed by atoms with Crippen LogP contribution in [0.1, 0.15) is 65.7 Å². The molecule has 4 heteroatoms. The largest absolute Gasteiger partial charge is 0.481 e. The van der Waals surface area contributed by atoms with Gasteiger partial charge in [-0.05, 0) is 69.6 Å². The number of aliphatic carboxylic acids is 1. The van der Waals surface area contributed by atoms with Gasteiger partial charge in [-0.2, -0.15) is 0 Å². The summed E-state index contributed by atoms with van der Waals surface area (Å²) in [5, 5.41) is 20.9. The van der Waals surface area contributed by atoms with Crippen LogP contribution in [0.15, 0.2) is 0 Å². The highest BCUT2D eigenvalue weighted by Crippen LogP contribution is 2.71. The molecule has 0 radical (unpaired) electrons. The maximum Gasteiger partial charge on any atom is 0.309 e. The predicted octanol–water partition coefficient (Wildman–Crippen LogP) is 3.27. The van der Waals surface area contributed by atoms with E-state index in [4.69, 9.17) is 0 Å². The fourth-order valence-electron chi connectivity index (χ4n) is 7.64. The Morgan fingerprint density at radius 3 is 2.46 bits per heavy atom. The highest BCUT2D eigenvalue weighted by molar-refractivity contribution is 5.90. The van der Waals surface area contributed by atoms with E-state index in [1.54, 1.807) is 0 Å². The maximum atomic E-state index is 13.2. The van der Waals surface area contributed by atoms with Crippen molar-refractivity contribution in [2.24, 2.45) is 39.9 Å². The zero-order valence-electron chi connectivity index (χ0n) is 15.0. The van der Waals surface area contributed by atoms with Crippen LogP contribution in [0.25, 0.3) is 0 Å². The second kappa shape index (κ2) is 4.84. The Hall–Kier alpha value is -0.900. The quantitative estimate of drug-likeness (QED) is 0.772. The lowest BCUT2D eigenvalue weighted by molar-refractivity contribution is -0.210. The Labute approximate surface area is 144 Å². The smallest absolute Gasteiger partial charge is 0.309 e. The van der Waals surface area contributed by atoms with Gasteiger partial charge in [-0.3, -0.25) is 9.59 Å². The molecule has 4 fully saturated rings. The third kappa shape index (κ3) is 1.69. The van der Waals surface area contributed by atoms with Crippen LogP contribution in [0.4, 0.5) is 0 Å². The van der Waals surface area contributed by atoms with Crippen LogP contribution < -0.4 is 0 Å². The van der Waals surface area contributed by atoms with Crippen molar-refractivity contribution < 1.29 is 19.8 Å². The van der Waals surface area contributed by atoms with Crippen molar-refractivity contribution in [2.45, 2.75) is 71.8 Å². The third-order valence-corrected chi connectivity index (χ3v) is 9.02. The maximum absolute atomic E-state index is 13.2. The average Bonchev–Trinajstić information content (AvgIpc) is 2.72. The summed E-state index contributed by atoms with van der Waals surface area (Å²) in [6.45, 7) is 6.05. The number of hydrogen-bond donors (Lipinski definition) is 2. The molecule has 8 unspecified atom stereocenters. The monoisotopic (exact) mass is 334 g/mol. The molecular formula is C20H30O4. The van der Waals surface area contributed by atoms with Crippen molar-refractivity contribution in [1.82, 2.24) is 0 Å². The van der Waals surface area contributed by atoms with Crippen LogP contribution in [-0.2, 0) is 9.59 Å². The molecule has 0 aliphatic heterocycles. The molecular weight excluding hydrogens is 304 g/mol. The second-order valence-corrected chi connectivity index (χ2v) is 9.64. The van der Waals surface area contributed by atoms with Crippen molar-refractivity contribution in [3.05, 3.63) is 0 Å². The van der Waals surface area contributed by atoms with E-state index < -0.39 is 22.9 Å². The molecule has 134 valence electrons. The van der Waals surface area contributed by atoms with E-state index in [9.17, 15) is 19.8 Å². The number of carbonyl (C=O) groups excluding carboxylic acids is 1. The van der Waals surface area contributed by atoms with Gasteiger partial charge in [-0.1, -0.05) is 13.8 Å². The lowest BCUT2D eigenvalue weighted by Crippen LogP contribution is -2.64. The molecule has 0 aromatic rings. The summed E-state index contributed by atoms with van der Waals surface area (Å²) < 4.78 is 0. The van der Waals surface area contributed by atoms with Crippen molar-refractivity contribution in [2.75, 3.05) is 0 Å². The minimum Gasteiger partial charge on any atom is -0.481 e. The molecule has 8 atom stereocenters. The molecule has 0 aromatic carbocycles. The third-order valence-electron chi connectivity index (χ3n) is 9.02. The molecule has 1 spiro atoms. The van der Waals surface area contributed by atoms with Crippen LogP contribution in [0.5, 0.6) is 0 Å². The molecule has 4 aliphatic rings. The predicted molar refractivity (Wildman–Crippen MR) is 89.2 cm³/mol. The van der Waals surface area contributed by atoms with Gasteiger partial charge in [0.25, 0.3) is 0 Å². The number of hydrogen-bond acceptors (Lipinski definition) is 3. The Balaban J connectivity index is 1.82. The first-order valence-electron chi connectivity index (χ1n) is 9.63. The van der Waals surface area contributed by atoms with Gasteiger partial charge < -0.3 is 10.2 Å². The molecule has 24 heavy (non-hydrogen) atoms. The molecule has 4 aliphatic carbocycles. The summed E-state index contributed by atoms with van der Waals surface area (Å²) in [6.07, 6.45) is 5.17. The van der Waals surface area contributed by atoms with Crippen LogP contribution >= 0.6 is 0 Å². The van der Waals surface area contributed by atoms with Crippen LogP contribution in [0.3, 0.4) is 0 Å². The van der Waals surface area contributed by atoms with E-state index in [0.717, 1.165) is 32.1 Å². The Kier molecular flexibility index (Phi) is 3.34. The van der Waals surface area contributed by atoms with Gasteiger partial charge in [0.2, 0.25) is 0 Å². The zero-order valence-corrected chi connectivity index (χ0v) is 15.0. The zero-order chi connectivity index (χ0) is 17.5. The summed E-state index contributed by atoms with van der Waals surface area (Å²) in [6, 6.07) is 0. The lowest BCUT2D eigenvalue weighted by Gasteiger charge is -2.64. The summed E-state index contributed by atoms with van der Waals surface area (Å²) in [4.78, 5) is 25.2. The number of rotatable bonds is 1. The first kappa shape index (κ1) is 16.6. The fraction of sp³-hybridized carbons (Fsp3) is 0.900. The van der Waals surface area contributed by atoms with Crippen molar-refractivity contribution in [1.29, 1.82) is 0 Å². The molecule has 0 heterocycles. The van der Waals surface area contributed by atoms with Crippen LogP contribution in [-0.4, -0.2) is 28.1 Å². The van der Waals surface area contributed by atoms with Gasteiger partial charge in [0.15, 0.2) is 0 Å². The van der Waals surface area contributed by atoms with Crippen molar-refractivity contribution in [3.8, 4) is 0 Å². The number of Topliss-reactive ketones (excluding diaryl/α,β-unsaturated/α-hetero) is 1. The lowest BCUT2D eigenvalue weighted by atomic mass is 9.40. The number of aliphatic hydroxyl groups is 1. The summed E-state index contributed by atoms with van der Waals surface area (Å²) in [7, 11) is 0. The first-order chi connectivity index (χ1) is 11.2. The van der Waals surface area contributed by atoms with Crippen molar-refractivity contribution >= 4 is 11.8 Å². The van der Waals surface area contributed by atoms with Gasteiger partial charge in [-0.25, -0.2) is 0 Å². The molecule has 2 bridgehead atoms. The number of carboxylic acids is 1. The van der Waals surface area contributed by atoms with E-state index in [0.29, 0.717) is 24.5 Å². The summed E-state index contributed by atoms with van der Waals surface area (Å²) in [5.74, 6) is 0.418. The highest BCUT2D eigenvalue weighted by atomic mass is 16.4. The first-order valence-corrected chi connectivity index (χ1v) is 9.63. The number of carboxylic acid groups (broad SMARTS) is 1. The SMILES string of the molecule is CC1C(=O)C23CCC4C(C)(C(=O)O)CCC(O)C4(C)C2CCC1C3. The molecule has 0 amide bonds. The van der Waals surface area contributed by atoms with Gasteiger partial charge in [-0.15, -0.1) is 0 Å². The van der Waals surface area contributed by atoms with E-state index in [2.05, 4.69) is 13.8 Å². The number of fused-ring (bicyclic) bond motifs is 3. The molecule has 0 aromatic heterocycles. The van der Waals surface area contributed by atoms with Crippen LogP contribution in [0.2, 0.25) is 0 Å². The van der Waals surface area contributed by atoms with Gasteiger partial charge in [0, 0.05) is 16.7 Å². The Morgan fingerprint density at radius 2 is 1.79 bits per heavy atom. The highest BCUT2D eigenvalue weighted by Gasteiger charge is 2.70. The number of aliphatic hydroxyl groups excluding tert-OH is 1. The topological polar surface area (TPSA) is 74.6 Å². The standard InChI is InChI=1S/C20H30O4/c1-11-12-4-5-14-19(3)13(6-9-20(14,10-12)16(11)22)18(2,17(23)24)8-7-15(19)21/h11-15,21H,4-10H2,1-3H3,(H,23,24). The van der Waals surface area contributed by atoms with E-state index in [1.165, 1.54) is 0 Å². The molecule has 4 saturated carbocycles. The average molecular weight is 334 g/mol. The summed E-state index contributed by atoms with van der Waals surface area (Å²) >= 11 is 0. The van der Waals surface area contributed by atoms with Crippen LogP contribution in [0, 0.1) is 39.9 Å². The molecule has 4 nitrogen and oxygen atoms in total. The minimum absolute atomic E-state index is 0.0397. The van der Waals surface area contributed by atoms with Crippen molar-refractivity contribution in [3.63, 3.8) is 0 Å². The van der Waals surface area contributed by atoms with Gasteiger partial charge >= 0.3 is 5.97 Å². The number of carbonyl (C=O) groups is 2. The molecule has 4 rings (SSSR count). The Bertz CT molecular complexity index is 600. The normalized spacial score (nSPS) is 56.5. The number of ketones is 1. The van der Waals surface area contributed by atoms with E-state index in [1.807, 2.05) is 6.92 Å². The van der Waals surface area contributed by atoms with Gasteiger partial charge in [0.05, 0.1) is 11.5 Å². The molecule has 0 saturated heterocycles. The summed E-state index contributed by atoms with van der Waals surface area (Å²) in [5.41, 5.74) is -1.51. The fourth-order valence-corrected chi connectivity index (χ4v) is 7.64. The second-order valence-electron chi connectivity index (χ2n) is 9.64. The van der Waals surface area contributed by atoms with E-state index >= 15 is 0 Å². The Morgan fingerprint density at radius 1 is 1.08 bits per heavy atom. The minimum atomic E-state index is -0.778. The van der Waals surface area contributed by atoms with Gasteiger partial charge in [0.1, 0.15) is 5.78 Å². The van der Waals surface area contributed by atoms with E-state index in [-0.39, 0.29) is 23.2 Å².